The predicted octanol–water partition coefficient (Wildman–Crippen LogP) is 3.23. The maximum Gasteiger partial charge on any atom is 0.407 e. The van der Waals surface area contributed by atoms with Crippen LogP contribution >= 0.6 is 0 Å². The Kier molecular flexibility index (Phi) is 5.93. The first-order valence-corrected chi connectivity index (χ1v) is 9.03. The third kappa shape index (κ3) is 4.31. The molecule has 28 heavy (non-hydrogen) atoms. The van der Waals surface area contributed by atoms with Gasteiger partial charge in [-0.15, -0.1) is 0 Å². The van der Waals surface area contributed by atoms with Gasteiger partial charge in [0.1, 0.15) is 12.6 Å². The van der Waals surface area contributed by atoms with Gasteiger partial charge >= 0.3 is 18.0 Å². The molecule has 0 fully saturated rings. The summed E-state index contributed by atoms with van der Waals surface area (Å²) in [4.78, 5) is 34.0. The van der Waals surface area contributed by atoms with Crippen molar-refractivity contribution in [3.63, 3.8) is 0 Å². The van der Waals surface area contributed by atoms with E-state index in [2.05, 4.69) is 5.32 Å². The maximum absolute atomic E-state index is 12.1. The van der Waals surface area contributed by atoms with Gasteiger partial charge in [-0.2, -0.15) is 0 Å². The average molecular weight is 383 g/mol. The number of nitrogens with one attached hydrogen (secondary N) is 1. The summed E-state index contributed by atoms with van der Waals surface area (Å²) < 4.78 is 5.32. The van der Waals surface area contributed by atoms with E-state index in [1.807, 2.05) is 48.5 Å². The first kappa shape index (κ1) is 19.4. The van der Waals surface area contributed by atoms with Crippen LogP contribution in [-0.2, 0) is 14.3 Å². The average Bonchev–Trinajstić information content (AvgIpc) is 2.99. The van der Waals surface area contributed by atoms with Gasteiger partial charge in [0, 0.05) is 12.3 Å². The second kappa shape index (κ2) is 8.56. The van der Waals surface area contributed by atoms with E-state index in [0.29, 0.717) is 0 Å². The lowest BCUT2D eigenvalue weighted by Gasteiger charge is -2.17. The highest BCUT2D eigenvalue weighted by Gasteiger charge is 2.29. The number of aliphatic carboxylic acids is 2. The van der Waals surface area contributed by atoms with E-state index in [1.54, 1.807) is 0 Å². The van der Waals surface area contributed by atoms with Gasteiger partial charge in [-0.1, -0.05) is 48.5 Å². The third-order valence-corrected chi connectivity index (χ3v) is 4.82. The van der Waals surface area contributed by atoms with Crippen LogP contribution in [0.25, 0.3) is 11.1 Å². The fourth-order valence-corrected chi connectivity index (χ4v) is 3.50. The Bertz CT molecular complexity index is 848. The molecule has 0 bridgehead atoms. The van der Waals surface area contributed by atoms with Crippen LogP contribution in [0.4, 0.5) is 4.79 Å². The molecule has 0 heterocycles. The number of fused-ring (bicyclic) bond motifs is 3. The molecule has 7 nitrogen and oxygen atoms in total. The number of ether oxygens (including phenoxy) is 1. The van der Waals surface area contributed by atoms with E-state index < -0.39 is 24.1 Å². The van der Waals surface area contributed by atoms with Crippen molar-refractivity contribution in [3.05, 3.63) is 59.7 Å². The zero-order chi connectivity index (χ0) is 20.1. The fraction of sp³-hybridized carbons (Fsp3) is 0.286. The number of amides is 1. The highest BCUT2D eigenvalue weighted by atomic mass is 16.5. The molecule has 0 unspecified atom stereocenters. The van der Waals surface area contributed by atoms with Crippen molar-refractivity contribution in [2.24, 2.45) is 0 Å². The molecule has 1 aliphatic carbocycles. The number of carbonyl (C=O) groups is 3. The van der Waals surface area contributed by atoms with Crippen molar-refractivity contribution < 1.29 is 29.3 Å². The minimum atomic E-state index is -1.22. The fourth-order valence-electron chi connectivity index (χ4n) is 3.50. The summed E-state index contributed by atoms with van der Waals surface area (Å²) in [6.07, 6.45) is -0.817. The van der Waals surface area contributed by atoms with Crippen molar-refractivity contribution in [1.29, 1.82) is 0 Å². The molecule has 3 N–H and O–H groups in total. The maximum atomic E-state index is 12.1. The molecule has 2 aromatic rings. The van der Waals surface area contributed by atoms with Crippen LogP contribution in [0, 0.1) is 0 Å². The van der Waals surface area contributed by atoms with E-state index >= 15 is 0 Å². The van der Waals surface area contributed by atoms with Gasteiger partial charge in [0.25, 0.3) is 0 Å². The number of carboxylic acids is 2. The van der Waals surface area contributed by atoms with Crippen LogP contribution in [0.3, 0.4) is 0 Å². The first-order valence-electron chi connectivity index (χ1n) is 9.03. The number of alkyl carbamates (subject to hydrolysis) is 1. The molecule has 0 saturated carbocycles. The monoisotopic (exact) mass is 383 g/mol. The standard InChI is InChI=1S/C21H21NO6/c23-19(24)11-5-10-18(20(25)26)22-21(27)28-12-17-15-8-3-1-6-13(15)14-7-2-4-9-16(14)17/h1-4,6-9,17-18H,5,10-12H2,(H,22,27)(H,23,24)(H,25,26)/t18-/m0/s1. The normalized spacial score (nSPS) is 13.3. The molecule has 0 spiro atoms. The lowest BCUT2D eigenvalue weighted by Crippen LogP contribution is -2.41. The molecule has 3 rings (SSSR count). The molecule has 0 radical (unpaired) electrons. The summed E-state index contributed by atoms with van der Waals surface area (Å²) in [7, 11) is 0. The van der Waals surface area contributed by atoms with Crippen LogP contribution in [0.15, 0.2) is 48.5 Å². The molecule has 0 aliphatic heterocycles. The highest BCUT2D eigenvalue weighted by molar-refractivity contribution is 5.81. The number of hydrogen-bond donors (Lipinski definition) is 3. The zero-order valence-corrected chi connectivity index (χ0v) is 15.1. The van der Waals surface area contributed by atoms with Crippen LogP contribution in [0.2, 0.25) is 0 Å². The number of benzene rings is 2. The second-order valence-electron chi connectivity index (χ2n) is 6.65. The Morgan fingerprint density at radius 2 is 1.54 bits per heavy atom. The SMILES string of the molecule is O=C(O)CCC[C@H](NC(=O)OCC1c2ccccc2-c2ccccc21)C(=O)O. The minimum absolute atomic E-state index is 0.0197. The molecule has 0 aromatic heterocycles. The lowest BCUT2D eigenvalue weighted by atomic mass is 9.98. The van der Waals surface area contributed by atoms with Gasteiger partial charge in [0.2, 0.25) is 0 Å². The number of rotatable bonds is 8. The van der Waals surface area contributed by atoms with Crippen molar-refractivity contribution in [1.82, 2.24) is 5.32 Å². The highest BCUT2D eigenvalue weighted by Crippen LogP contribution is 2.44. The summed E-state index contributed by atoms with van der Waals surface area (Å²) in [5, 5.41) is 20.2. The number of carboxylic acid groups (broad SMARTS) is 2. The van der Waals surface area contributed by atoms with Crippen molar-refractivity contribution >= 4 is 18.0 Å². The summed E-state index contributed by atoms with van der Waals surface area (Å²) in [6, 6.07) is 14.6. The van der Waals surface area contributed by atoms with Crippen LogP contribution < -0.4 is 5.32 Å². The largest absolute Gasteiger partial charge is 0.481 e. The molecule has 1 aliphatic rings. The summed E-state index contributed by atoms with van der Waals surface area (Å²) in [5.74, 6) is -2.35. The number of carbonyl (C=O) groups excluding carboxylic acids is 1. The summed E-state index contributed by atoms with van der Waals surface area (Å²) in [6.45, 7) is 0.0846. The molecular weight excluding hydrogens is 362 g/mol. The topological polar surface area (TPSA) is 113 Å². The van der Waals surface area contributed by atoms with Crippen molar-refractivity contribution in [3.8, 4) is 11.1 Å². The Balaban J connectivity index is 1.62. The van der Waals surface area contributed by atoms with Gasteiger partial charge in [-0.05, 0) is 35.1 Å². The molecule has 0 saturated heterocycles. The number of hydrogen-bond acceptors (Lipinski definition) is 4. The third-order valence-electron chi connectivity index (χ3n) is 4.82. The Morgan fingerprint density at radius 1 is 0.964 bits per heavy atom. The lowest BCUT2D eigenvalue weighted by molar-refractivity contribution is -0.141. The van der Waals surface area contributed by atoms with Gasteiger partial charge in [0.15, 0.2) is 0 Å². The van der Waals surface area contributed by atoms with E-state index in [0.717, 1.165) is 22.3 Å². The molecule has 1 atom stereocenters. The van der Waals surface area contributed by atoms with E-state index in [-0.39, 0.29) is 31.8 Å². The Labute approximate surface area is 162 Å². The molecular formula is C21H21NO6. The van der Waals surface area contributed by atoms with Crippen molar-refractivity contribution in [2.45, 2.75) is 31.2 Å². The van der Waals surface area contributed by atoms with E-state index in [4.69, 9.17) is 9.84 Å². The van der Waals surface area contributed by atoms with Crippen molar-refractivity contribution in [2.75, 3.05) is 6.61 Å². The first-order chi connectivity index (χ1) is 13.5. The Hall–Kier alpha value is -3.35. The molecule has 2 aromatic carbocycles. The summed E-state index contributed by atoms with van der Waals surface area (Å²) >= 11 is 0. The Morgan fingerprint density at radius 3 is 2.07 bits per heavy atom. The quantitative estimate of drug-likeness (QED) is 0.645. The van der Waals surface area contributed by atoms with Gasteiger partial charge < -0.3 is 20.3 Å². The van der Waals surface area contributed by atoms with Crippen LogP contribution in [0.5, 0.6) is 0 Å². The molecule has 7 heteroatoms. The van der Waals surface area contributed by atoms with Crippen LogP contribution in [0.1, 0.15) is 36.3 Å². The minimum Gasteiger partial charge on any atom is -0.481 e. The smallest absolute Gasteiger partial charge is 0.407 e. The second-order valence-corrected chi connectivity index (χ2v) is 6.65. The van der Waals surface area contributed by atoms with Gasteiger partial charge in [0.05, 0.1) is 0 Å². The molecule has 146 valence electrons. The van der Waals surface area contributed by atoms with Crippen LogP contribution in [-0.4, -0.2) is 40.9 Å². The van der Waals surface area contributed by atoms with E-state index in [1.165, 1.54) is 0 Å². The summed E-state index contributed by atoms with van der Waals surface area (Å²) in [5.41, 5.74) is 4.33. The van der Waals surface area contributed by atoms with Gasteiger partial charge in [-0.25, -0.2) is 9.59 Å². The predicted molar refractivity (Wildman–Crippen MR) is 101 cm³/mol. The molecule has 1 amide bonds. The van der Waals surface area contributed by atoms with Gasteiger partial charge in [-0.3, -0.25) is 4.79 Å². The zero-order valence-electron chi connectivity index (χ0n) is 15.1. The van der Waals surface area contributed by atoms with E-state index in [9.17, 15) is 19.5 Å².